The predicted octanol–water partition coefficient (Wildman–Crippen LogP) is 4.52. The molecule has 0 bridgehead atoms. The van der Waals surface area contributed by atoms with Crippen LogP contribution >= 0.6 is 11.6 Å². The second-order valence-corrected chi connectivity index (χ2v) is 7.08. The van der Waals surface area contributed by atoms with Gasteiger partial charge in [-0.15, -0.1) is 0 Å². The Morgan fingerprint density at radius 2 is 1.88 bits per heavy atom. The Morgan fingerprint density at radius 3 is 2.44 bits per heavy atom. The van der Waals surface area contributed by atoms with Crippen LogP contribution in [0.1, 0.15) is 54.7 Å². The van der Waals surface area contributed by atoms with Gasteiger partial charge >= 0.3 is 0 Å². The fourth-order valence-electron chi connectivity index (χ4n) is 2.70. The third-order valence-corrected chi connectivity index (χ3v) is 4.44. The summed E-state index contributed by atoms with van der Waals surface area (Å²) in [5.74, 6) is -1.06. The first-order valence-electron chi connectivity index (χ1n) is 8.27. The zero-order valence-corrected chi connectivity index (χ0v) is 15.4. The number of rotatable bonds is 7. The number of hydrogen-bond donors (Lipinski definition) is 2. The van der Waals surface area contributed by atoms with Gasteiger partial charge < -0.3 is 10.4 Å². The zero-order valence-electron chi connectivity index (χ0n) is 14.6. The number of aliphatic hydroxyl groups excluding tert-OH is 1. The Kier molecular flexibility index (Phi) is 6.33. The molecule has 0 saturated carbocycles. The molecule has 0 fully saturated rings. The highest BCUT2D eigenvalue weighted by atomic mass is 35.5. The summed E-state index contributed by atoms with van der Waals surface area (Å²) in [6.07, 6.45) is 0.598. The van der Waals surface area contributed by atoms with Gasteiger partial charge in [-0.3, -0.25) is 4.79 Å². The molecular weight excluding hydrogens is 341 g/mol. The van der Waals surface area contributed by atoms with Crippen LogP contribution < -0.4 is 5.32 Å². The summed E-state index contributed by atoms with van der Waals surface area (Å²) < 4.78 is 15.2. The molecule has 0 spiro atoms. The molecule has 0 aliphatic heterocycles. The smallest absolute Gasteiger partial charge is 0.197 e. The van der Waals surface area contributed by atoms with E-state index in [2.05, 4.69) is 5.32 Å². The molecule has 0 heterocycles. The molecule has 2 aromatic rings. The van der Waals surface area contributed by atoms with Crippen molar-refractivity contribution in [3.63, 3.8) is 0 Å². The van der Waals surface area contributed by atoms with Gasteiger partial charge in [0.25, 0.3) is 0 Å². The summed E-state index contributed by atoms with van der Waals surface area (Å²) in [5, 5.41) is 12.8. The van der Waals surface area contributed by atoms with Gasteiger partial charge in [-0.05, 0) is 26.3 Å². The lowest BCUT2D eigenvalue weighted by molar-refractivity contribution is 0.103. The summed E-state index contributed by atoms with van der Waals surface area (Å²) in [6.45, 7) is 5.49. The van der Waals surface area contributed by atoms with Gasteiger partial charge in [-0.1, -0.05) is 54.9 Å². The Bertz CT molecular complexity index is 747. The summed E-state index contributed by atoms with van der Waals surface area (Å²) in [7, 11) is 0. The number of ketones is 1. The quantitative estimate of drug-likeness (QED) is 0.711. The van der Waals surface area contributed by atoms with E-state index < -0.39 is 17.1 Å². The first-order chi connectivity index (χ1) is 11.8. The minimum atomic E-state index is -0.616. The Hall–Kier alpha value is -1.75. The largest absolute Gasteiger partial charge is 0.394 e. The van der Waals surface area contributed by atoms with Gasteiger partial charge in [0.05, 0.1) is 17.2 Å². The molecule has 2 N–H and O–H groups in total. The molecule has 0 amide bonds. The molecule has 1 atom stereocenters. The first-order valence-corrected chi connectivity index (χ1v) is 8.64. The minimum absolute atomic E-state index is 0.0888. The van der Waals surface area contributed by atoms with Crippen LogP contribution in [0.2, 0.25) is 5.02 Å². The van der Waals surface area contributed by atoms with Crippen LogP contribution in [0, 0.1) is 5.82 Å². The third-order valence-electron chi connectivity index (χ3n) is 4.13. The van der Waals surface area contributed by atoms with Crippen LogP contribution in [-0.2, 0) is 0 Å². The normalized spacial score (nSPS) is 12.9. The average molecular weight is 364 g/mol. The van der Waals surface area contributed by atoms with Crippen LogP contribution in [0.25, 0.3) is 0 Å². The van der Waals surface area contributed by atoms with E-state index in [0.29, 0.717) is 17.5 Å². The van der Waals surface area contributed by atoms with E-state index in [9.17, 15) is 9.90 Å². The monoisotopic (exact) mass is 363 g/mol. The Labute approximate surface area is 152 Å². The van der Waals surface area contributed by atoms with E-state index in [0.717, 1.165) is 0 Å². The predicted molar refractivity (Wildman–Crippen MR) is 98.6 cm³/mol. The molecule has 0 aliphatic rings. The number of carbonyl (C=O) groups excluding carboxylic acids is 1. The number of halogens is 2. The van der Waals surface area contributed by atoms with Gasteiger partial charge in [0.15, 0.2) is 5.78 Å². The molecule has 0 aliphatic carbocycles. The van der Waals surface area contributed by atoms with Crippen LogP contribution in [-0.4, -0.2) is 23.0 Å². The molecule has 25 heavy (non-hydrogen) atoms. The number of benzene rings is 2. The van der Waals surface area contributed by atoms with Crippen molar-refractivity contribution in [2.45, 2.75) is 38.8 Å². The third kappa shape index (κ3) is 4.46. The maximum atomic E-state index is 15.2. The molecular formula is C20H23ClFNO2. The van der Waals surface area contributed by atoms with Crippen molar-refractivity contribution in [1.29, 1.82) is 0 Å². The molecule has 2 rings (SSSR count). The lowest BCUT2D eigenvalue weighted by atomic mass is 9.94. The van der Waals surface area contributed by atoms with Crippen LogP contribution in [0.5, 0.6) is 0 Å². The molecule has 0 radical (unpaired) electrons. The van der Waals surface area contributed by atoms with Crippen molar-refractivity contribution in [2.24, 2.45) is 0 Å². The molecule has 0 saturated heterocycles. The summed E-state index contributed by atoms with van der Waals surface area (Å²) in [6, 6.07) is 11.3. The first kappa shape index (κ1) is 19.6. The Morgan fingerprint density at radius 1 is 1.24 bits per heavy atom. The highest BCUT2D eigenvalue weighted by Gasteiger charge is 2.27. The minimum Gasteiger partial charge on any atom is -0.394 e. The van der Waals surface area contributed by atoms with Crippen molar-refractivity contribution in [3.05, 3.63) is 70.0 Å². The fourth-order valence-corrected chi connectivity index (χ4v) is 2.93. The van der Waals surface area contributed by atoms with Crippen molar-refractivity contribution in [2.75, 3.05) is 6.61 Å². The van der Waals surface area contributed by atoms with E-state index in [-0.39, 0.29) is 23.2 Å². The average Bonchev–Trinajstić information content (AvgIpc) is 2.61. The lowest BCUT2D eigenvalue weighted by Crippen LogP contribution is -2.44. The maximum Gasteiger partial charge on any atom is 0.197 e. The highest BCUT2D eigenvalue weighted by Crippen LogP contribution is 2.30. The van der Waals surface area contributed by atoms with Gasteiger partial charge in [0.1, 0.15) is 5.82 Å². The van der Waals surface area contributed by atoms with E-state index >= 15 is 4.39 Å². The van der Waals surface area contributed by atoms with Crippen LogP contribution in [0.4, 0.5) is 4.39 Å². The second-order valence-electron chi connectivity index (χ2n) is 6.67. The zero-order chi connectivity index (χ0) is 18.6. The van der Waals surface area contributed by atoms with Gasteiger partial charge in [0.2, 0.25) is 0 Å². The SMILES string of the molecule is CCC(NC(C)(C)CO)c1ccc(Cl)c(C(=O)c2ccccc2)c1F. The van der Waals surface area contributed by atoms with Crippen molar-refractivity contribution in [1.82, 2.24) is 5.32 Å². The number of aliphatic hydroxyl groups is 1. The van der Waals surface area contributed by atoms with Crippen molar-refractivity contribution in [3.8, 4) is 0 Å². The molecule has 2 aromatic carbocycles. The number of carbonyl (C=O) groups is 1. The summed E-state index contributed by atoms with van der Waals surface area (Å²) in [4.78, 5) is 12.7. The molecule has 0 aromatic heterocycles. The molecule has 1 unspecified atom stereocenters. The van der Waals surface area contributed by atoms with E-state index in [4.69, 9.17) is 11.6 Å². The highest BCUT2D eigenvalue weighted by molar-refractivity contribution is 6.35. The van der Waals surface area contributed by atoms with Crippen LogP contribution in [0.15, 0.2) is 42.5 Å². The number of hydrogen-bond acceptors (Lipinski definition) is 3. The van der Waals surface area contributed by atoms with E-state index in [1.165, 1.54) is 0 Å². The molecule has 134 valence electrons. The number of nitrogens with one attached hydrogen (secondary N) is 1. The topological polar surface area (TPSA) is 49.3 Å². The fraction of sp³-hybridized carbons (Fsp3) is 0.350. The molecule has 5 heteroatoms. The van der Waals surface area contributed by atoms with Crippen molar-refractivity contribution >= 4 is 17.4 Å². The van der Waals surface area contributed by atoms with E-state index in [1.54, 1.807) is 42.5 Å². The lowest BCUT2D eigenvalue weighted by Gasteiger charge is -2.30. The Balaban J connectivity index is 2.47. The van der Waals surface area contributed by atoms with Crippen LogP contribution in [0.3, 0.4) is 0 Å². The van der Waals surface area contributed by atoms with Crippen molar-refractivity contribution < 1.29 is 14.3 Å². The van der Waals surface area contributed by atoms with Gasteiger partial charge in [-0.2, -0.15) is 0 Å². The second kappa shape index (κ2) is 8.09. The summed E-state index contributed by atoms with van der Waals surface area (Å²) in [5.41, 5.74) is 0.0633. The molecule has 3 nitrogen and oxygen atoms in total. The standard InChI is InChI=1S/C20H23ClFNO2/c1-4-16(23-20(2,3)12-24)14-10-11-15(21)17(18(14)22)19(25)13-8-6-5-7-9-13/h5-11,16,23-24H,4,12H2,1-3H3. The summed E-state index contributed by atoms with van der Waals surface area (Å²) >= 11 is 6.13. The van der Waals surface area contributed by atoms with Gasteiger partial charge in [0, 0.05) is 22.7 Å². The van der Waals surface area contributed by atoms with E-state index in [1.807, 2.05) is 20.8 Å². The maximum absolute atomic E-state index is 15.2. The van der Waals surface area contributed by atoms with Gasteiger partial charge in [-0.25, -0.2) is 4.39 Å².